The van der Waals surface area contributed by atoms with Crippen LogP contribution in [0.1, 0.15) is 24.8 Å². The van der Waals surface area contributed by atoms with Crippen LogP contribution in [0.25, 0.3) is 0 Å². The maximum atomic E-state index is 11.8. The number of guanidine groups is 1. The summed E-state index contributed by atoms with van der Waals surface area (Å²) in [6.45, 7) is 4.70. The van der Waals surface area contributed by atoms with Gasteiger partial charge in [0.15, 0.2) is 5.96 Å². The van der Waals surface area contributed by atoms with Gasteiger partial charge in [0.1, 0.15) is 0 Å². The third-order valence-corrected chi connectivity index (χ3v) is 6.12. The lowest BCUT2D eigenvalue weighted by molar-refractivity contribution is 0.268. The first kappa shape index (κ1) is 19.7. The normalized spacial score (nSPS) is 18.9. The molecule has 0 bridgehead atoms. The van der Waals surface area contributed by atoms with Crippen molar-refractivity contribution in [3.05, 3.63) is 35.9 Å². The van der Waals surface area contributed by atoms with E-state index in [2.05, 4.69) is 15.6 Å². The molecule has 1 aromatic rings. The molecule has 1 fully saturated rings. The van der Waals surface area contributed by atoms with Gasteiger partial charge in [-0.1, -0.05) is 30.3 Å². The molecule has 1 heterocycles. The van der Waals surface area contributed by atoms with Crippen LogP contribution in [-0.2, 0) is 10.0 Å². The van der Waals surface area contributed by atoms with Gasteiger partial charge < -0.3 is 15.7 Å². The highest BCUT2D eigenvalue weighted by Crippen LogP contribution is 2.15. The van der Waals surface area contributed by atoms with Gasteiger partial charge in [0.25, 0.3) is 0 Å². The van der Waals surface area contributed by atoms with E-state index >= 15 is 0 Å². The first-order chi connectivity index (χ1) is 12.1. The maximum absolute atomic E-state index is 11.8. The third kappa shape index (κ3) is 5.98. The van der Waals surface area contributed by atoms with Gasteiger partial charge in [-0.25, -0.2) is 12.7 Å². The van der Waals surface area contributed by atoms with Gasteiger partial charge >= 0.3 is 0 Å². The molecule has 1 atom stereocenters. The van der Waals surface area contributed by atoms with Gasteiger partial charge in [-0.3, -0.25) is 4.99 Å². The van der Waals surface area contributed by atoms with Crippen LogP contribution in [-0.4, -0.2) is 68.9 Å². The van der Waals surface area contributed by atoms with Crippen molar-refractivity contribution in [2.75, 3.05) is 45.1 Å². The summed E-state index contributed by atoms with van der Waals surface area (Å²) in [6, 6.07) is 9.80. The Labute approximate surface area is 150 Å². The Kier molecular flexibility index (Phi) is 7.67. The zero-order chi connectivity index (χ0) is 18.1. The molecular formula is C17H28N4O3S. The van der Waals surface area contributed by atoms with E-state index in [4.69, 9.17) is 0 Å². The number of nitrogens with one attached hydrogen (secondary N) is 2. The average molecular weight is 369 g/mol. The first-order valence-electron chi connectivity index (χ1n) is 8.72. The van der Waals surface area contributed by atoms with E-state index in [0.29, 0.717) is 45.1 Å². The highest BCUT2D eigenvalue weighted by Gasteiger charge is 2.27. The van der Waals surface area contributed by atoms with Gasteiger partial charge in [-0.05, 0) is 18.9 Å². The fourth-order valence-corrected chi connectivity index (χ4v) is 4.31. The zero-order valence-corrected chi connectivity index (χ0v) is 15.5. The maximum Gasteiger partial charge on any atom is 0.214 e. The molecule has 1 unspecified atom stereocenters. The molecule has 0 spiro atoms. The number of hydrogen-bond acceptors (Lipinski definition) is 4. The van der Waals surface area contributed by atoms with Gasteiger partial charge in [0, 0.05) is 32.1 Å². The summed E-state index contributed by atoms with van der Waals surface area (Å²) >= 11 is 0. The van der Waals surface area contributed by atoms with E-state index in [0.717, 1.165) is 5.56 Å². The number of nitrogens with zero attached hydrogens (tertiary/aromatic N) is 2. The van der Waals surface area contributed by atoms with Gasteiger partial charge in [-0.2, -0.15) is 0 Å². The molecular weight excluding hydrogens is 340 g/mol. The largest absolute Gasteiger partial charge is 0.396 e. The van der Waals surface area contributed by atoms with Crippen LogP contribution in [0.2, 0.25) is 0 Å². The molecule has 2 rings (SSSR count). The second-order valence-electron chi connectivity index (χ2n) is 6.01. The average Bonchev–Trinajstić information content (AvgIpc) is 2.95. The van der Waals surface area contributed by atoms with Crippen molar-refractivity contribution in [2.24, 2.45) is 4.99 Å². The van der Waals surface area contributed by atoms with Crippen LogP contribution < -0.4 is 10.6 Å². The predicted octanol–water partition coefficient (Wildman–Crippen LogP) is 0.353. The molecule has 0 aliphatic carbocycles. The van der Waals surface area contributed by atoms with Crippen LogP contribution in [0.15, 0.2) is 35.3 Å². The molecule has 0 saturated carbocycles. The standard InChI is InChI=1S/C17H28N4O3S/c1-2-18-17(19-9-11-21-10-6-12-25(21,23)24)20-13-16(14-22)15-7-4-3-5-8-15/h3-5,7-8,16,22H,2,6,9-14H2,1H3,(H2,18,19,20). The monoisotopic (exact) mass is 368 g/mol. The Morgan fingerprint density at radius 2 is 2.08 bits per heavy atom. The smallest absolute Gasteiger partial charge is 0.214 e. The van der Waals surface area contributed by atoms with E-state index in [1.807, 2.05) is 37.3 Å². The summed E-state index contributed by atoms with van der Waals surface area (Å²) in [6.07, 6.45) is 0.700. The predicted molar refractivity (Wildman–Crippen MR) is 100 cm³/mol. The Balaban J connectivity index is 1.89. The lowest BCUT2D eigenvalue weighted by Crippen LogP contribution is -2.42. The number of rotatable bonds is 8. The summed E-state index contributed by atoms with van der Waals surface area (Å²) in [5, 5.41) is 15.9. The first-order valence-corrected chi connectivity index (χ1v) is 10.3. The molecule has 1 aliphatic heterocycles. The number of aliphatic imine (C=N–C) groups is 1. The lowest BCUT2D eigenvalue weighted by Gasteiger charge is -2.17. The van der Waals surface area contributed by atoms with Crippen molar-refractivity contribution in [1.29, 1.82) is 0 Å². The van der Waals surface area contributed by atoms with Crippen LogP contribution in [0, 0.1) is 0 Å². The summed E-state index contributed by atoms with van der Waals surface area (Å²) in [7, 11) is -3.06. The minimum absolute atomic E-state index is 0.0267. The summed E-state index contributed by atoms with van der Waals surface area (Å²) < 4.78 is 25.1. The molecule has 3 N–H and O–H groups in total. The van der Waals surface area contributed by atoms with E-state index in [1.54, 1.807) is 0 Å². The third-order valence-electron chi connectivity index (χ3n) is 4.16. The Morgan fingerprint density at radius 3 is 2.68 bits per heavy atom. The van der Waals surface area contributed by atoms with Crippen LogP contribution in [0.4, 0.5) is 0 Å². The molecule has 7 nitrogen and oxygen atoms in total. The number of benzene rings is 1. The van der Waals surface area contributed by atoms with Gasteiger partial charge in [0.05, 0.1) is 18.9 Å². The molecule has 140 valence electrons. The Morgan fingerprint density at radius 1 is 1.32 bits per heavy atom. The van der Waals surface area contributed by atoms with E-state index in [9.17, 15) is 13.5 Å². The quantitative estimate of drug-likeness (QED) is 0.455. The summed E-state index contributed by atoms with van der Waals surface area (Å²) in [5.74, 6) is 0.820. The minimum Gasteiger partial charge on any atom is -0.396 e. The summed E-state index contributed by atoms with van der Waals surface area (Å²) in [4.78, 5) is 4.53. The number of hydrogen-bond donors (Lipinski definition) is 3. The Hall–Kier alpha value is -1.64. The van der Waals surface area contributed by atoms with Crippen LogP contribution in [0.3, 0.4) is 0 Å². The minimum atomic E-state index is -3.06. The fraction of sp³-hybridized carbons (Fsp3) is 0.588. The molecule has 1 aliphatic rings. The van der Waals surface area contributed by atoms with Crippen LogP contribution >= 0.6 is 0 Å². The summed E-state index contributed by atoms with van der Waals surface area (Å²) in [5.41, 5.74) is 1.05. The molecule has 1 aromatic carbocycles. The second kappa shape index (κ2) is 9.74. The SMILES string of the molecule is CCNC(=NCC(CO)c1ccccc1)NCCN1CCCS1(=O)=O. The van der Waals surface area contributed by atoms with Crippen LogP contribution in [0.5, 0.6) is 0 Å². The van der Waals surface area contributed by atoms with Crippen molar-refractivity contribution in [3.63, 3.8) is 0 Å². The van der Waals surface area contributed by atoms with Gasteiger partial charge in [-0.15, -0.1) is 0 Å². The van der Waals surface area contributed by atoms with E-state index in [1.165, 1.54) is 4.31 Å². The van der Waals surface area contributed by atoms with Gasteiger partial charge in [0.2, 0.25) is 10.0 Å². The van der Waals surface area contributed by atoms with E-state index in [-0.39, 0.29) is 18.3 Å². The highest BCUT2D eigenvalue weighted by atomic mass is 32.2. The van der Waals surface area contributed by atoms with Crippen molar-refractivity contribution in [2.45, 2.75) is 19.3 Å². The van der Waals surface area contributed by atoms with Crippen molar-refractivity contribution in [1.82, 2.24) is 14.9 Å². The number of sulfonamides is 1. The van der Waals surface area contributed by atoms with E-state index < -0.39 is 10.0 Å². The van der Waals surface area contributed by atoms with Crippen molar-refractivity contribution in [3.8, 4) is 0 Å². The highest BCUT2D eigenvalue weighted by molar-refractivity contribution is 7.89. The lowest BCUT2D eigenvalue weighted by atomic mass is 10.0. The Bertz CT molecular complexity index is 649. The second-order valence-corrected chi connectivity index (χ2v) is 8.09. The molecule has 1 saturated heterocycles. The van der Waals surface area contributed by atoms with Crippen molar-refractivity contribution < 1.29 is 13.5 Å². The number of aliphatic hydroxyl groups is 1. The molecule has 0 radical (unpaired) electrons. The molecule has 25 heavy (non-hydrogen) atoms. The molecule has 8 heteroatoms. The molecule has 0 aromatic heterocycles. The molecule has 0 amide bonds. The zero-order valence-electron chi connectivity index (χ0n) is 14.7. The topological polar surface area (TPSA) is 94.0 Å². The number of aliphatic hydroxyl groups excluding tert-OH is 1. The van der Waals surface area contributed by atoms with Crippen molar-refractivity contribution >= 4 is 16.0 Å². The fourth-order valence-electron chi connectivity index (χ4n) is 2.78.